The summed E-state index contributed by atoms with van der Waals surface area (Å²) in [4.78, 5) is 13.7. The normalized spacial score (nSPS) is 12.4. The van der Waals surface area contributed by atoms with Gasteiger partial charge in [0.05, 0.1) is 5.52 Å². The number of carbonyl (C=O) groups is 1. The van der Waals surface area contributed by atoms with Gasteiger partial charge < -0.3 is 10.2 Å². The van der Waals surface area contributed by atoms with Crippen LogP contribution in [0, 0.1) is 0 Å². The van der Waals surface area contributed by atoms with Gasteiger partial charge in [-0.15, -0.1) is 0 Å². The molecule has 0 radical (unpaired) electrons. The monoisotopic (exact) mass is 263 g/mol. The van der Waals surface area contributed by atoms with Crippen LogP contribution in [0.2, 0.25) is 0 Å². The minimum absolute atomic E-state index is 0.0926. The Morgan fingerprint density at radius 2 is 2.22 bits per heavy atom. The summed E-state index contributed by atoms with van der Waals surface area (Å²) in [6.45, 7) is 4.56. The van der Waals surface area contributed by atoms with Gasteiger partial charge in [0.1, 0.15) is 11.0 Å². The van der Waals surface area contributed by atoms with Crippen molar-refractivity contribution < 1.29 is 4.79 Å². The Kier molecular flexibility index (Phi) is 3.81. The molecule has 0 spiro atoms. The van der Waals surface area contributed by atoms with Gasteiger partial charge in [0.2, 0.25) is 5.91 Å². The second-order valence-corrected chi connectivity index (χ2v) is 5.02. The third-order valence-electron chi connectivity index (χ3n) is 2.95. The summed E-state index contributed by atoms with van der Waals surface area (Å²) in [5, 5.41) is 5.27. The summed E-state index contributed by atoms with van der Waals surface area (Å²) in [5.41, 5.74) is 0.966. The maximum Gasteiger partial charge on any atom is 0.244 e. The number of likely N-dealkylation sites (N-methyl/N-ethyl adjacent to an activating group) is 1. The molecule has 1 amide bonds. The molecule has 1 heterocycles. The van der Waals surface area contributed by atoms with E-state index in [-0.39, 0.29) is 11.9 Å². The molecule has 18 heavy (non-hydrogen) atoms. The topological polar surface area (TPSA) is 45.2 Å². The van der Waals surface area contributed by atoms with Crippen molar-refractivity contribution in [2.75, 3.05) is 18.9 Å². The number of hydrogen-bond donors (Lipinski definition) is 1. The number of hydrogen-bond acceptors (Lipinski definition) is 4. The van der Waals surface area contributed by atoms with Crippen LogP contribution in [-0.2, 0) is 4.79 Å². The molecule has 0 aliphatic rings. The van der Waals surface area contributed by atoms with Crippen molar-refractivity contribution in [2.24, 2.45) is 0 Å². The quantitative estimate of drug-likeness (QED) is 0.922. The van der Waals surface area contributed by atoms with Crippen molar-refractivity contribution in [1.82, 2.24) is 9.27 Å². The number of nitrogens with one attached hydrogen (secondary N) is 1. The van der Waals surface area contributed by atoms with Crippen LogP contribution in [0.5, 0.6) is 0 Å². The van der Waals surface area contributed by atoms with Gasteiger partial charge in [0.25, 0.3) is 0 Å². The molecule has 1 aromatic carbocycles. The fourth-order valence-corrected chi connectivity index (χ4v) is 2.59. The van der Waals surface area contributed by atoms with E-state index in [2.05, 4.69) is 9.69 Å². The summed E-state index contributed by atoms with van der Waals surface area (Å²) in [6, 6.07) is 7.69. The lowest BCUT2D eigenvalue weighted by molar-refractivity contribution is -0.130. The predicted octanol–water partition coefficient (Wildman–Crippen LogP) is 2.58. The Balaban J connectivity index is 2.16. The Labute approximate surface area is 111 Å². The zero-order chi connectivity index (χ0) is 13.1. The highest BCUT2D eigenvalue weighted by Gasteiger charge is 2.17. The third-order valence-corrected chi connectivity index (χ3v) is 3.76. The molecule has 1 aromatic heterocycles. The number of carbonyl (C=O) groups excluding carboxylic acids is 1. The number of nitrogens with zero attached hydrogens (tertiary/aromatic N) is 2. The number of fused-ring (bicyclic) bond motifs is 1. The molecule has 0 saturated heterocycles. The Morgan fingerprint density at radius 1 is 1.50 bits per heavy atom. The van der Waals surface area contributed by atoms with E-state index in [0.717, 1.165) is 15.9 Å². The maximum absolute atomic E-state index is 12.0. The minimum atomic E-state index is -0.237. The van der Waals surface area contributed by atoms with Crippen LogP contribution in [-0.4, -0.2) is 34.8 Å². The molecule has 0 aliphatic carbocycles. The van der Waals surface area contributed by atoms with Crippen LogP contribution in [0.4, 0.5) is 5.00 Å². The highest BCUT2D eigenvalue weighted by Crippen LogP contribution is 2.27. The highest BCUT2D eigenvalue weighted by molar-refractivity contribution is 7.11. The standard InChI is InChI=1S/C13H17N3OS/c1-4-16(3)13(17)9(2)14-12-10-7-5-6-8-11(10)15-18-12/h5-9,14H,4H2,1-3H3. The molecular weight excluding hydrogens is 246 g/mol. The minimum Gasteiger partial charge on any atom is -0.364 e. The Hall–Kier alpha value is -1.62. The van der Waals surface area contributed by atoms with Crippen LogP contribution in [0.3, 0.4) is 0 Å². The molecule has 5 heteroatoms. The van der Waals surface area contributed by atoms with Gasteiger partial charge in [-0.1, -0.05) is 12.1 Å². The second kappa shape index (κ2) is 5.35. The summed E-state index contributed by atoms with van der Waals surface area (Å²) in [6.07, 6.45) is 0. The number of amides is 1. The first kappa shape index (κ1) is 12.8. The van der Waals surface area contributed by atoms with E-state index in [4.69, 9.17) is 0 Å². The van der Waals surface area contributed by atoms with Crippen molar-refractivity contribution in [2.45, 2.75) is 19.9 Å². The van der Waals surface area contributed by atoms with E-state index in [9.17, 15) is 4.79 Å². The molecule has 1 atom stereocenters. The molecule has 4 nitrogen and oxygen atoms in total. The first-order valence-electron chi connectivity index (χ1n) is 5.99. The number of benzene rings is 1. The number of aromatic nitrogens is 1. The Bertz CT molecular complexity index is 552. The van der Waals surface area contributed by atoms with E-state index in [1.54, 1.807) is 4.90 Å². The summed E-state index contributed by atoms with van der Waals surface area (Å²) in [5.74, 6) is 0.0926. The fourth-order valence-electron chi connectivity index (χ4n) is 1.74. The van der Waals surface area contributed by atoms with E-state index in [1.165, 1.54) is 11.5 Å². The summed E-state index contributed by atoms with van der Waals surface area (Å²) < 4.78 is 4.35. The van der Waals surface area contributed by atoms with Crippen molar-refractivity contribution in [1.29, 1.82) is 0 Å². The molecule has 0 bridgehead atoms. The fraction of sp³-hybridized carbons (Fsp3) is 0.385. The molecular formula is C13H17N3OS. The maximum atomic E-state index is 12.0. The average Bonchev–Trinajstić information content (AvgIpc) is 2.80. The molecule has 1 N–H and O–H groups in total. The smallest absolute Gasteiger partial charge is 0.244 e. The molecule has 2 aromatic rings. The largest absolute Gasteiger partial charge is 0.364 e. The lowest BCUT2D eigenvalue weighted by atomic mass is 10.2. The van der Waals surface area contributed by atoms with Crippen LogP contribution in [0.15, 0.2) is 24.3 Å². The lowest BCUT2D eigenvalue weighted by Crippen LogP contribution is -2.38. The highest BCUT2D eigenvalue weighted by atomic mass is 32.1. The van der Waals surface area contributed by atoms with Gasteiger partial charge in [-0.2, -0.15) is 4.37 Å². The zero-order valence-corrected chi connectivity index (χ0v) is 11.6. The van der Waals surface area contributed by atoms with Gasteiger partial charge in [0.15, 0.2) is 0 Å². The van der Waals surface area contributed by atoms with E-state index in [1.807, 2.05) is 45.2 Å². The average molecular weight is 263 g/mol. The van der Waals surface area contributed by atoms with Crippen LogP contribution >= 0.6 is 11.5 Å². The van der Waals surface area contributed by atoms with Crippen LogP contribution in [0.1, 0.15) is 13.8 Å². The van der Waals surface area contributed by atoms with E-state index >= 15 is 0 Å². The first-order chi connectivity index (χ1) is 8.63. The molecule has 0 saturated carbocycles. The molecule has 96 valence electrons. The second-order valence-electron chi connectivity index (χ2n) is 4.25. The van der Waals surface area contributed by atoms with Crippen LogP contribution in [0.25, 0.3) is 10.9 Å². The Morgan fingerprint density at radius 3 is 2.94 bits per heavy atom. The van der Waals surface area contributed by atoms with Crippen molar-refractivity contribution >= 4 is 33.3 Å². The SMILES string of the molecule is CCN(C)C(=O)C(C)Nc1snc2ccccc12. The lowest BCUT2D eigenvalue weighted by Gasteiger charge is -2.20. The van der Waals surface area contributed by atoms with E-state index in [0.29, 0.717) is 6.54 Å². The van der Waals surface area contributed by atoms with Gasteiger partial charge in [-0.25, -0.2) is 0 Å². The summed E-state index contributed by atoms with van der Waals surface area (Å²) >= 11 is 1.40. The molecule has 0 fully saturated rings. The van der Waals surface area contributed by atoms with Gasteiger partial charge in [-0.3, -0.25) is 4.79 Å². The molecule has 1 unspecified atom stereocenters. The number of rotatable bonds is 4. The van der Waals surface area contributed by atoms with Crippen molar-refractivity contribution in [3.8, 4) is 0 Å². The molecule has 0 aliphatic heterocycles. The van der Waals surface area contributed by atoms with Gasteiger partial charge in [-0.05, 0) is 37.5 Å². The first-order valence-corrected chi connectivity index (χ1v) is 6.76. The van der Waals surface area contributed by atoms with Gasteiger partial charge in [0, 0.05) is 19.0 Å². The third kappa shape index (κ3) is 2.46. The predicted molar refractivity (Wildman–Crippen MR) is 76.0 cm³/mol. The molecule has 2 rings (SSSR count). The van der Waals surface area contributed by atoms with E-state index < -0.39 is 0 Å². The van der Waals surface area contributed by atoms with Crippen LogP contribution < -0.4 is 5.32 Å². The zero-order valence-electron chi connectivity index (χ0n) is 10.8. The van der Waals surface area contributed by atoms with Crippen molar-refractivity contribution in [3.63, 3.8) is 0 Å². The van der Waals surface area contributed by atoms with Gasteiger partial charge >= 0.3 is 0 Å². The van der Waals surface area contributed by atoms with Crippen molar-refractivity contribution in [3.05, 3.63) is 24.3 Å². The summed E-state index contributed by atoms with van der Waals surface area (Å²) in [7, 11) is 1.81. The number of anilines is 1.